The fourth-order valence-electron chi connectivity index (χ4n) is 2.87. The zero-order valence-electron chi connectivity index (χ0n) is 15.0. The highest BCUT2D eigenvalue weighted by Crippen LogP contribution is 2.30. The first-order chi connectivity index (χ1) is 12.8. The van der Waals surface area contributed by atoms with Gasteiger partial charge in [0.05, 0.1) is 5.52 Å². The topological polar surface area (TPSA) is 105 Å². The van der Waals surface area contributed by atoms with Crippen molar-refractivity contribution in [3.63, 3.8) is 0 Å². The van der Waals surface area contributed by atoms with Crippen LogP contribution in [0.15, 0.2) is 34.6 Å². The van der Waals surface area contributed by atoms with E-state index >= 15 is 0 Å². The molecule has 3 aromatic rings. The van der Waals surface area contributed by atoms with E-state index in [0.717, 1.165) is 0 Å². The maximum atomic E-state index is 12.9. The van der Waals surface area contributed by atoms with Gasteiger partial charge in [-0.15, -0.1) is 11.3 Å². The molecular formula is C18H18N4O4S. The third-order valence-corrected chi connectivity index (χ3v) is 4.95. The maximum Gasteiger partial charge on any atom is 0.269 e. The average molecular weight is 386 g/mol. The molecule has 2 amide bonds. The quantitative estimate of drug-likeness (QED) is 0.717. The van der Waals surface area contributed by atoms with Crippen molar-refractivity contribution in [2.75, 3.05) is 17.3 Å². The van der Waals surface area contributed by atoms with E-state index in [1.165, 1.54) is 40.8 Å². The Hall–Kier alpha value is -3.20. The molecule has 3 rings (SSSR count). The molecule has 2 aromatic heterocycles. The number of aromatic nitrogens is 2. The molecule has 0 aliphatic carbocycles. The van der Waals surface area contributed by atoms with E-state index in [9.17, 15) is 19.5 Å². The summed E-state index contributed by atoms with van der Waals surface area (Å²) in [4.78, 5) is 42.4. The number of rotatable bonds is 4. The number of anilines is 2. The third kappa shape index (κ3) is 3.28. The van der Waals surface area contributed by atoms with Gasteiger partial charge >= 0.3 is 0 Å². The van der Waals surface area contributed by atoms with Gasteiger partial charge in [-0.1, -0.05) is 0 Å². The van der Waals surface area contributed by atoms with E-state index in [0.29, 0.717) is 28.3 Å². The molecule has 0 aliphatic rings. The molecule has 0 atom stereocenters. The van der Waals surface area contributed by atoms with Crippen LogP contribution in [0.5, 0.6) is 5.75 Å². The molecule has 9 heteroatoms. The lowest BCUT2D eigenvalue weighted by molar-refractivity contribution is -0.114. The first-order valence-electron chi connectivity index (χ1n) is 8.19. The molecule has 0 unspecified atom stereocenters. The zero-order chi connectivity index (χ0) is 19.7. The number of aromatic hydroxyl groups is 1. The van der Waals surface area contributed by atoms with Gasteiger partial charge in [-0.2, -0.15) is 0 Å². The minimum atomic E-state index is -0.651. The van der Waals surface area contributed by atoms with Gasteiger partial charge in [-0.25, -0.2) is 4.98 Å². The van der Waals surface area contributed by atoms with Crippen molar-refractivity contribution in [3.05, 3.63) is 45.7 Å². The summed E-state index contributed by atoms with van der Waals surface area (Å²) in [6.07, 6.45) is 1.55. The molecule has 2 heterocycles. The minimum Gasteiger partial charge on any atom is -0.506 e. The monoisotopic (exact) mass is 386 g/mol. The maximum absolute atomic E-state index is 12.9. The largest absolute Gasteiger partial charge is 0.506 e. The fourth-order valence-corrected chi connectivity index (χ4v) is 3.47. The molecule has 1 aromatic carbocycles. The van der Waals surface area contributed by atoms with E-state index in [4.69, 9.17) is 0 Å². The molecule has 0 aliphatic heterocycles. The number of amides is 2. The predicted molar refractivity (Wildman–Crippen MR) is 105 cm³/mol. The van der Waals surface area contributed by atoms with Gasteiger partial charge in [0.1, 0.15) is 11.3 Å². The van der Waals surface area contributed by atoms with Crippen LogP contribution in [0.1, 0.15) is 24.2 Å². The zero-order valence-corrected chi connectivity index (χ0v) is 15.8. The second-order valence-electron chi connectivity index (χ2n) is 5.86. The number of carbonyl (C=O) groups excluding carboxylic acids is 2. The van der Waals surface area contributed by atoms with Gasteiger partial charge in [-0.05, 0) is 25.1 Å². The van der Waals surface area contributed by atoms with E-state index in [1.807, 2.05) is 0 Å². The van der Waals surface area contributed by atoms with Gasteiger partial charge < -0.3 is 15.0 Å². The van der Waals surface area contributed by atoms with Crippen molar-refractivity contribution in [3.8, 4) is 5.75 Å². The summed E-state index contributed by atoms with van der Waals surface area (Å²) in [7, 11) is 1.49. The first kappa shape index (κ1) is 18.6. The van der Waals surface area contributed by atoms with Crippen LogP contribution in [0.25, 0.3) is 10.9 Å². The van der Waals surface area contributed by atoms with Gasteiger partial charge in [-0.3, -0.25) is 19.3 Å². The van der Waals surface area contributed by atoms with E-state index in [-0.39, 0.29) is 11.5 Å². The van der Waals surface area contributed by atoms with Crippen molar-refractivity contribution in [2.24, 2.45) is 0 Å². The van der Waals surface area contributed by atoms with Crippen LogP contribution in [-0.4, -0.2) is 33.5 Å². The van der Waals surface area contributed by atoms with Crippen LogP contribution in [0, 0.1) is 0 Å². The lowest BCUT2D eigenvalue weighted by Gasteiger charge is -2.18. The van der Waals surface area contributed by atoms with Crippen molar-refractivity contribution >= 4 is 44.9 Å². The molecule has 2 N–H and O–H groups in total. The summed E-state index contributed by atoms with van der Waals surface area (Å²) in [6, 6.07) is 4.81. The lowest BCUT2D eigenvalue weighted by Crippen LogP contribution is -2.34. The number of pyridine rings is 1. The molecule has 140 valence electrons. The molecule has 0 spiro atoms. The first-order valence-corrected chi connectivity index (χ1v) is 9.07. The minimum absolute atomic E-state index is 0.266. The second-order valence-corrected chi connectivity index (χ2v) is 6.74. The molecule has 0 saturated heterocycles. The van der Waals surface area contributed by atoms with Crippen molar-refractivity contribution in [1.82, 2.24) is 9.55 Å². The Bertz CT molecular complexity index is 1090. The Labute approximate surface area is 158 Å². The molecule has 0 fully saturated rings. The van der Waals surface area contributed by atoms with Gasteiger partial charge in [0.2, 0.25) is 5.91 Å². The molecule has 0 radical (unpaired) electrons. The van der Waals surface area contributed by atoms with Crippen LogP contribution in [0.4, 0.5) is 10.8 Å². The summed E-state index contributed by atoms with van der Waals surface area (Å²) in [5.41, 5.74) is 0.0195. The smallest absolute Gasteiger partial charge is 0.269 e. The Morgan fingerprint density at radius 3 is 2.70 bits per heavy atom. The van der Waals surface area contributed by atoms with Gasteiger partial charge in [0.15, 0.2) is 5.13 Å². The fraction of sp³-hybridized carbons (Fsp3) is 0.222. The van der Waals surface area contributed by atoms with E-state index in [1.54, 1.807) is 30.6 Å². The normalized spacial score (nSPS) is 10.8. The molecule has 8 nitrogen and oxygen atoms in total. The SMILES string of the molecule is CCn1c(=O)c(C(=O)N(C)c2nccs2)c(O)c2cc(NC(C)=O)ccc21. The van der Waals surface area contributed by atoms with Crippen molar-refractivity contribution < 1.29 is 14.7 Å². The van der Waals surface area contributed by atoms with E-state index < -0.39 is 17.2 Å². The van der Waals surface area contributed by atoms with Crippen LogP contribution >= 0.6 is 11.3 Å². The Morgan fingerprint density at radius 2 is 2.11 bits per heavy atom. The summed E-state index contributed by atoms with van der Waals surface area (Å²) in [5, 5.41) is 15.8. The van der Waals surface area contributed by atoms with Crippen molar-refractivity contribution in [2.45, 2.75) is 20.4 Å². The van der Waals surface area contributed by atoms with Crippen molar-refractivity contribution in [1.29, 1.82) is 0 Å². The number of hydrogen-bond acceptors (Lipinski definition) is 6. The number of benzene rings is 1. The molecule has 27 heavy (non-hydrogen) atoms. The second kappa shape index (κ2) is 7.20. The Morgan fingerprint density at radius 1 is 1.37 bits per heavy atom. The van der Waals surface area contributed by atoms with Gasteiger partial charge in [0.25, 0.3) is 11.5 Å². The number of aryl methyl sites for hydroxylation is 1. The van der Waals surface area contributed by atoms with Crippen LogP contribution in [-0.2, 0) is 11.3 Å². The molecular weight excluding hydrogens is 368 g/mol. The number of fused-ring (bicyclic) bond motifs is 1. The molecule has 0 bridgehead atoms. The highest BCUT2D eigenvalue weighted by molar-refractivity contribution is 7.13. The standard InChI is InChI=1S/C18H18N4O4S/c1-4-22-13-6-5-11(20-10(2)23)9-12(13)15(24)14(17(22)26)16(25)21(3)18-19-7-8-27-18/h5-9,24H,4H2,1-3H3,(H,20,23). The summed E-state index contributed by atoms with van der Waals surface area (Å²) < 4.78 is 1.41. The summed E-state index contributed by atoms with van der Waals surface area (Å²) >= 11 is 1.24. The lowest BCUT2D eigenvalue weighted by atomic mass is 10.1. The third-order valence-electron chi connectivity index (χ3n) is 4.10. The summed E-state index contributed by atoms with van der Waals surface area (Å²) in [5.74, 6) is -1.33. The molecule has 0 saturated carbocycles. The average Bonchev–Trinajstić information content (AvgIpc) is 3.16. The predicted octanol–water partition coefficient (Wildman–Crippen LogP) is 2.42. The number of nitrogens with one attached hydrogen (secondary N) is 1. The summed E-state index contributed by atoms with van der Waals surface area (Å²) in [6.45, 7) is 3.46. The van der Waals surface area contributed by atoms with Crippen LogP contribution in [0.3, 0.4) is 0 Å². The highest BCUT2D eigenvalue weighted by Gasteiger charge is 2.26. The highest BCUT2D eigenvalue weighted by atomic mass is 32.1. The van der Waals surface area contributed by atoms with Crippen LogP contribution < -0.4 is 15.8 Å². The number of thiazole rings is 1. The number of nitrogens with zero attached hydrogens (tertiary/aromatic N) is 3. The number of carbonyl (C=O) groups is 2. The van der Waals surface area contributed by atoms with Crippen LogP contribution in [0.2, 0.25) is 0 Å². The van der Waals surface area contributed by atoms with Gasteiger partial charge in [0, 0.05) is 43.2 Å². The van der Waals surface area contributed by atoms with E-state index in [2.05, 4.69) is 10.3 Å². The Balaban J connectivity index is 2.24. The number of hydrogen-bond donors (Lipinski definition) is 2. The Kier molecular flexibility index (Phi) is 4.95.